The van der Waals surface area contributed by atoms with Crippen LogP contribution in [-0.4, -0.2) is 29.6 Å². The van der Waals surface area contributed by atoms with Crippen LogP contribution in [0.4, 0.5) is 11.6 Å². The maximum Gasteiger partial charge on any atom is 0.137 e. The van der Waals surface area contributed by atoms with Gasteiger partial charge in [0.05, 0.1) is 0 Å². The first-order chi connectivity index (χ1) is 9.08. The highest BCUT2D eigenvalue weighted by Gasteiger charge is 2.31. The van der Waals surface area contributed by atoms with Gasteiger partial charge in [-0.05, 0) is 31.6 Å². The molecule has 1 saturated heterocycles. The van der Waals surface area contributed by atoms with Gasteiger partial charge >= 0.3 is 0 Å². The van der Waals surface area contributed by atoms with Crippen LogP contribution >= 0.6 is 0 Å². The van der Waals surface area contributed by atoms with Crippen LogP contribution in [0.1, 0.15) is 39.7 Å². The van der Waals surface area contributed by atoms with Crippen LogP contribution in [0.25, 0.3) is 0 Å². The zero-order valence-corrected chi connectivity index (χ0v) is 12.8. The first-order valence-corrected chi connectivity index (χ1v) is 7.36. The summed E-state index contributed by atoms with van der Waals surface area (Å²) in [6.45, 7) is 10.3. The van der Waals surface area contributed by atoms with Crippen molar-refractivity contribution in [2.75, 3.05) is 23.8 Å². The van der Waals surface area contributed by atoms with E-state index in [4.69, 9.17) is 0 Å². The number of hydrogen-bond donors (Lipinski definition) is 1. The monoisotopic (exact) mass is 262 g/mol. The van der Waals surface area contributed by atoms with Crippen molar-refractivity contribution in [3.8, 4) is 0 Å². The van der Waals surface area contributed by atoms with E-state index in [0.717, 1.165) is 30.5 Å². The molecule has 0 bridgehead atoms. The summed E-state index contributed by atoms with van der Waals surface area (Å²) in [6.07, 6.45) is 3.94. The molecule has 3 atom stereocenters. The van der Waals surface area contributed by atoms with Gasteiger partial charge in [-0.25, -0.2) is 9.97 Å². The molecular formula is C15H26N4. The number of nitrogens with one attached hydrogen (secondary N) is 1. The van der Waals surface area contributed by atoms with Gasteiger partial charge in [0.25, 0.3) is 0 Å². The fourth-order valence-corrected chi connectivity index (χ4v) is 3.19. The molecule has 4 nitrogen and oxygen atoms in total. The van der Waals surface area contributed by atoms with Crippen LogP contribution in [0.3, 0.4) is 0 Å². The number of anilines is 2. The van der Waals surface area contributed by atoms with Gasteiger partial charge in [0.1, 0.15) is 18.0 Å². The molecule has 3 unspecified atom stereocenters. The number of aromatic nitrogens is 2. The van der Waals surface area contributed by atoms with Gasteiger partial charge in [0, 0.05) is 25.2 Å². The molecule has 0 amide bonds. The molecule has 1 fully saturated rings. The van der Waals surface area contributed by atoms with Crippen molar-refractivity contribution in [1.29, 1.82) is 0 Å². The topological polar surface area (TPSA) is 41.1 Å². The molecule has 1 aliphatic heterocycles. The second-order valence-electron chi connectivity index (χ2n) is 5.84. The van der Waals surface area contributed by atoms with E-state index in [-0.39, 0.29) is 0 Å². The molecule has 0 spiro atoms. The lowest BCUT2D eigenvalue weighted by Gasteiger charge is -2.42. The lowest BCUT2D eigenvalue weighted by molar-refractivity contribution is 0.295. The summed E-state index contributed by atoms with van der Waals surface area (Å²) in [7, 11) is 1.93. The Bertz CT molecular complexity index is 432. The van der Waals surface area contributed by atoms with Crippen molar-refractivity contribution >= 4 is 11.6 Å². The molecule has 1 aliphatic rings. The Labute approximate surface area is 116 Å². The predicted molar refractivity (Wildman–Crippen MR) is 80.7 cm³/mol. The molecule has 2 heterocycles. The normalized spacial score (nSPS) is 27.4. The summed E-state index contributed by atoms with van der Waals surface area (Å²) in [6, 6.07) is 0.543. The van der Waals surface area contributed by atoms with Crippen molar-refractivity contribution in [2.24, 2.45) is 11.8 Å². The molecule has 19 heavy (non-hydrogen) atoms. The van der Waals surface area contributed by atoms with Crippen LogP contribution in [0, 0.1) is 11.8 Å². The average Bonchev–Trinajstić information content (AvgIpc) is 2.41. The van der Waals surface area contributed by atoms with Crippen LogP contribution in [-0.2, 0) is 6.42 Å². The van der Waals surface area contributed by atoms with Crippen LogP contribution < -0.4 is 10.2 Å². The van der Waals surface area contributed by atoms with Crippen molar-refractivity contribution in [2.45, 2.75) is 46.6 Å². The zero-order chi connectivity index (χ0) is 14.0. The number of rotatable bonds is 3. The first kappa shape index (κ1) is 14.1. The van der Waals surface area contributed by atoms with E-state index in [1.807, 2.05) is 7.05 Å². The van der Waals surface area contributed by atoms with Crippen LogP contribution in [0.5, 0.6) is 0 Å². The van der Waals surface area contributed by atoms with Crippen molar-refractivity contribution in [1.82, 2.24) is 9.97 Å². The summed E-state index contributed by atoms with van der Waals surface area (Å²) in [5.41, 5.74) is 1.23. The SMILES string of the molecule is CCc1c(NC)ncnc1N1CC(C)CC(C)C1C. The van der Waals surface area contributed by atoms with E-state index < -0.39 is 0 Å². The Hall–Kier alpha value is -1.32. The Morgan fingerprint density at radius 1 is 1.32 bits per heavy atom. The minimum atomic E-state index is 0.543. The highest BCUT2D eigenvalue weighted by atomic mass is 15.2. The molecule has 0 radical (unpaired) electrons. The van der Waals surface area contributed by atoms with E-state index in [9.17, 15) is 0 Å². The molecule has 2 rings (SSSR count). The third kappa shape index (κ3) is 2.67. The van der Waals surface area contributed by atoms with Crippen LogP contribution in [0.15, 0.2) is 6.33 Å². The molecule has 0 saturated carbocycles. The third-order valence-corrected chi connectivity index (χ3v) is 4.38. The second-order valence-corrected chi connectivity index (χ2v) is 5.84. The Kier molecular flexibility index (Phi) is 4.27. The fourth-order valence-electron chi connectivity index (χ4n) is 3.19. The summed E-state index contributed by atoms with van der Waals surface area (Å²) in [5, 5.41) is 3.19. The zero-order valence-electron chi connectivity index (χ0n) is 12.8. The molecule has 0 aliphatic carbocycles. The van der Waals surface area contributed by atoms with Gasteiger partial charge in [-0.1, -0.05) is 20.8 Å². The van der Waals surface area contributed by atoms with Gasteiger partial charge in [0.2, 0.25) is 0 Å². The first-order valence-electron chi connectivity index (χ1n) is 7.36. The Morgan fingerprint density at radius 2 is 2.05 bits per heavy atom. The molecular weight excluding hydrogens is 236 g/mol. The third-order valence-electron chi connectivity index (χ3n) is 4.38. The van der Waals surface area contributed by atoms with Crippen molar-refractivity contribution < 1.29 is 0 Å². The molecule has 1 N–H and O–H groups in total. The summed E-state index contributed by atoms with van der Waals surface area (Å²) in [5.74, 6) is 3.52. The van der Waals surface area contributed by atoms with Crippen molar-refractivity contribution in [3.05, 3.63) is 11.9 Å². The summed E-state index contributed by atoms with van der Waals surface area (Å²) >= 11 is 0. The smallest absolute Gasteiger partial charge is 0.137 e. The average molecular weight is 262 g/mol. The Morgan fingerprint density at radius 3 is 2.68 bits per heavy atom. The van der Waals surface area contributed by atoms with Gasteiger partial charge < -0.3 is 10.2 Å². The maximum absolute atomic E-state index is 4.58. The molecule has 0 aromatic carbocycles. The highest BCUT2D eigenvalue weighted by molar-refractivity contribution is 5.59. The molecule has 1 aromatic rings. The van der Waals surface area contributed by atoms with E-state index in [1.54, 1.807) is 6.33 Å². The number of hydrogen-bond acceptors (Lipinski definition) is 4. The van der Waals surface area contributed by atoms with E-state index >= 15 is 0 Å². The predicted octanol–water partition coefficient (Wildman–Crippen LogP) is 2.95. The van der Waals surface area contributed by atoms with Gasteiger partial charge in [-0.2, -0.15) is 0 Å². The van der Waals surface area contributed by atoms with E-state index in [1.165, 1.54) is 12.0 Å². The summed E-state index contributed by atoms with van der Waals surface area (Å²) < 4.78 is 0. The molecule has 1 aromatic heterocycles. The number of nitrogens with zero attached hydrogens (tertiary/aromatic N) is 3. The molecule has 4 heteroatoms. The lowest BCUT2D eigenvalue weighted by atomic mass is 9.86. The van der Waals surface area contributed by atoms with Gasteiger partial charge in [-0.3, -0.25) is 0 Å². The minimum absolute atomic E-state index is 0.543. The molecule has 106 valence electrons. The van der Waals surface area contributed by atoms with E-state index in [2.05, 4.69) is 47.9 Å². The second kappa shape index (κ2) is 5.76. The number of piperidine rings is 1. The standard InChI is InChI=1S/C15H26N4/c1-6-13-14(16-5)17-9-18-15(13)19-8-10(2)7-11(3)12(19)4/h9-12H,6-8H2,1-5H3,(H,16,17,18). The Balaban J connectivity index is 2.39. The fraction of sp³-hybridized carbons (Fsp3) is 0.733. The maximum atomic E-state index is 4.58. The highest BCUT2D eigenvalue weighted by Crippen LogP contribution is 2.33. The largest absolute Gasteiger partial charge is 0.373 e. The van der Waals surface area contributed by atoms with E-state index in [0.29, 0.717) is 12.0 Å². The minimum Gasteiger partial charge on any atom is -0.373 e. The quantitative estimate of drug-likeness (QED) is 0.909. The lowest BCUT2D eigenvalue weighted by Crippen LogP contribution is -2.46. The van der Waals surface area contributed by atoms with Gasteiger partial charge in [0.15, 0.2) is 0 Å². The van der Waals surface area contributed by atoms with Crippen LogP contribution in [0.2, 0.25) is 0 Å². The van der Waals surface area contributed by atoms with Gasteiger partial charge in [-0.15, -0.1) is 0 Å². The van der Waals surface area contributed by atoms with Crippen molar-refractivity contribution in [3.63, 3.8) is 0 Å². The summed E-state index contributed by atoms with van der Waals surface area (Å²) in [4.78, 5) is 11.4.